The highest BCUT2D eigenvalue weighted by Gasteiger charge is 2.26. The number of Topliss-reactive ketones (excluding diaryl/α,β-unsaturated/α-hetero) is 1. The van der Waals surface area contributed by atoms with Gasteiger partial charge >= 0.3 is 0 Å². The van der Waals surface area contributed by atoms with Crippen molar-refractivity contribution in [3.05, 3.63) is 12.2 Å². The van der Waals surface area contributed by atoms with Gasteiger partial charge in [0.25, 0.3) is 0 Å². The Morgan fingerprint density at radius 1 is 1.55 bits per heavy atom. The number of allylic oxidation sites excluding steroid dienone is 1. The van der Waals surface area contributed by atoms with Crippen LogP contribution in [0.3, 0.4) is 0 Å². The third-order valence-corrected chi connectivity index (χ3v) is 2.64. The molecule has 0 aromatic carbocycles. The van der Waals surface area contributed by atoms with E-state index in [2.05, 4.69) is 13.5 Å². The molecule has 0 radical (unpaired) electrons. The largest absolute Gasteiger partial charge is 0.299 e. The molecule has 0 amide bonds. The number of rotatable bonds is 1. The van der Waals surface area contributed by atoms with Crippen molar-refractivity contribution in [3.8, 4) is 0 Å². The number of carbonyl (C=O) groups excluding carboxylic acids is 1. The molecule has 2 atom stereocenters. The third-order valence-electron chi connectivity index (χ3n) is 2.64. The molecule has 0 aliphatic heterocycles. The van der Waals surface area contributed by atoms with Crippen LogP contribution in [0, 0.1) is 11.8 Å². The molecular weight excluding hydrogens is 136 g/mol. The SMILES string of the molecule is C=C1CC(C)C(=O)CC1CC. The van der Waals surface area contributed by atoms with E-state index in [4.69, 9.17) is 0 Å². The molecule has 2 unspecified atom stereocenters. The average molecular weight is 152 g/mol. The summed E-state index contributed by atoms with van der Waals surface area (Å²) in [5, 5.41) is 0. The first-order chi connectivity index (χ1) is 5.15. The van der Waals surface area contributed by atoms with Gasteiger partial charge < -0.3 is 0 Å². The normalized spacial score (nSPS) is 32.5. The van der Waals surface area contributed by atoms with Crippen LogP contribution in [0.25, 0.3) is 0 Å². The minimum Gasteiger partial charge on any atom is -0.299 e. The van der Waals surface area contributed by atoms with Crippen LogP contribution < -0.4 is 0 Å². The van der Waals surface area contributed by atoms with Gasteiger partial charge in [0.15, 0.2) is 0 Å². The lowest BCUT2D eigenvalue weighted by Crippen LogP contribution is -2.23. The molecule has 0 N–H and O–H groups in total. The molecule has 0 aromatic heterocycles. The molecule has 1 rings (SSSR count). The summed E-state index contributed by atoms with van der Waals surface area (Å²) in [7, 11) is 0. The molecule has 0 bridgehead atoms. The molecule has 0 heterocycles. The maximum atomic E-state index is 11.3. The molecule has 1 nitrogen and oxygen atoms in total. The van der Waals surface area contributed by atoms with E-state index >= 15 is 0 Å². The molecular formula is C10H16O. The van der Waals surface area contributed by atoms with Gasteiger partial charge in [-0.1, -0.05) is 26.0 Å². The van der Waals surface area contributed by atoms with Crippen LogP contribution >= 0.6 is 0 Å². The second kappa shape index (κ2) is 3.21. The van der Waals surface area contributed by atoms with E-state index in [1.807, 2.05) is 6.92 Å². The van der Waals surface area contributed by atoms with E-state index in [0.717, 1.165) is 19.3 Å². The van der Waals surface area contributed by atoms with Crippen molar-refractivity contribution in [1.29, 1.82) is 0 Å². The lowest BCUT2D eigenvalue weighted by Gasteiger charge is -2.26. The molecule has 62 valence electrons. The highest BCUT2D eigenvalue weighted by Crippen LogP contribution is 2.31. The quantitative estimate of drug-likeness (QED) is 0.528. The molecule has 0 spiro atoms. The molecule has 11 heavy (non-hydrogen) atoms. The number of hydrogen-bond acceptors (Lipinski definition) is 1. The summed E-state index contributed by atoms with van der Waals surface area (Å²) < 4.78 is 0. The van der Waals surface area contributed by atoms with Gasteiger partial charge in [0.1, 0.15) is 5.78 Å². The standard InChI is InChI=1S/C10H16O/c1-4-9-6-10(11)8(3)5-7(9)2/h8-9H,2,4-6H2,1,3H3. The van der Waals surface area contributed by atoms with E-state index in [0.29, 0.717) is 11.7 Å². The van der Waals surface area contributed by atoms with Crippen LogP contribution in [0.5, 0.6) is 0 Å². The molecule has 1 aliphatic carbocycles. The lowest BCUT2D eigenvalue weighted by atomic mass is 9.78. The fourth-order valence-electron chi connectivity index (χ4n) is 1.70. The Kier molecular flexibility index (Phi) is 2.48. The highest BCUT2D eigenvalue weighted by atomic mass is 16.1. The van der Waals surface area contributed by atoms with Gasteiger partial charge in [-0.15, -0.1) is 0 Å². The highest BCUT2D eigenvalue weighted by molar-refractivity contribution is 5.82. The van der Waals surface area contributed by atoms with Gasteiger partial charge in [0.2, 0.25) is 0 Å². The first-order valence-electron chi connectivity index (χ1n) is 4.35. The van der Waals surface area contributed by atoms with E-state index in [9.17, 15) is 4.79 Å². The number of ketones is 1. The summed E-state index contributed by atoms with van der Waals surface area (Å²) in [5.74, 6) is 1.12. The second-order valence-electron chi connectivity index (χ2n) is 3.54. The van der Waals surface area contributed by atoms with Crippen molar-refractivity contribution in [2.45, 2.75) is 33.1 Å². The predicted octanol–water partition coefficient (Wildman–Crippen LogP) is 2.57. The predicted molar refractivity (Wildman–Crippen MR) is 46.3 cm³/mol. The Balaban J connectivity index is 2.62. The first-order valence-corrected chi connectivity index (χ1v) is 4.35. The Morgan fingerprint density at radius 3 is 2.73 bits per heavy atom. The average Bonchev–Trinajstić information content (AvgIpc) is 1.97. The molecule has 0 aromatic rings. The van der Waals surface area contributed by atoms with Crippen molar-refractivity contribution < 1.29 is 4.79 Å². The van der Waals surface area contributed by atoms with E-state index in [1.54, 1.807) is 0 Å². The Morgan fingerprint density at radius 2 is 2.18 bits per heavy atom. The summed E-state index contributed by atoms with van der Waals surface area (Å²) in [6.07, 6.45) is 2.71. The molecule has 1 saturated carbocycles. The Hall–Kier alpha value is -0.590. The molecule has 1 heteroatoms. The molecule has 1 aliphatic rings. The van der Waals surface area contributed by atoms with Crippen molar-refractivity contribution in [3.63, 3.8) is 0 Å². The third kappa shape index (κ3) is 1.70. The number of hydrogen-bond donors (Lipinski definition) is 0. The Bertz CT molecular complexity index is 181. The van der Waals surface area contributed by atoms with Gasteiger partial charge in [-0.3, -0.25) is 4.79 Å². The summed E-state index contributed by atoms with van der Waals surface area (Å²) in [6.45, 7) is 8.12. The zero-order valence-electron chi connectivity index (χ0n) is 7.39. The molecule has 1 fully saturated rings. The zero-order valence-corrected chi connectivity index (χ0v) is 7.39. The zero-order chi connectivity index (χ0) is 8.43. The summed E-state index contributed by atoms with van der Waals surface area (Å²) in [6, 6.07) is 0. The van der Waals surface area contributed by atoms with Crippen molar-refractivity contribution >= 4 is 5.78 Å². The van der Waals surface area contributed by atoms with Gasteiger partial charge in [0.05, 0.1) is 0 Å². The topological polar surface area (TPSA) is 17.1 Å². The van der Waals surface area contributed by atoms with Crippen molar-refractivity contribution in [1.82, 2.24) is 0 Å². The van der Waals surface area contributed by atoms with Crippen LogP contribution in [0.15, 0.2) is 12.2 Å². The number of carbonyl (C=O) groups is 1. The fraction of sp³-hybridized carbons (Fsp3) is 0.700. The summed E-state index contributed by atoms with van der Waals surface area (Å²) in [5.41, 5.74) is 1.28. The van der Waals surface area contributed by atoms with Crippen molar-refractivity contribution in [2.75, 3.05) is 0 Å². The van der Waals surface area contributed by atoms with E-state index in [1.165, 1.54) is 5.57 Å². The van der Waals surface area contributed by atoms with Crippen LogP contribution in [0.4, 0.5) is 0 Å². The minimum absolute atomic E-state index is 0.227. The van der Waals surface area contributed by atoms with Crippen LogP contribution in [-0.4, -0.2) is 5.78 Å². The minimum atomic E-state index is 0.227. The van der Waals surface area contributed by atoms with Gasteiger partial charge in [-0.2, -0.15) is 0 Å². The van der Waals surface area contributed by atoms with Crippen LogP contribution in [-0.2, 0) is 4.79 Å². The first kappa shape index (κ1) is 8.51. The summed E-state index contributed by atoms with van der Waals surface area (Å²) >= 11 is 0. The smallest absolute Gasteiger partial charge is 0.136 e. The van der Waals surface area contributed by atoms with Gasteiger partial charge in [-0.25, -0.2) is 0 Å². The second-order valence-corrected chi connectivity index (χ2v) is 3.54. The van der Waals surface area contributed by atoms with Gasteiger partial charge in [-0.05, 0) is 18.8 Å². The molecule has 0 saturated heterocycles. The maximum absolute atomic E-state index is 11.3. The fourth-order valence-corrected chi connectivity index (χ4v) is 1.70. The van der Waals surface area contributed by atoms with Crippen LogP contribution in [0.1, 0.15) is 33.1 Å². The van der Waals surface area contributed by atoms with Crippen molar-refractivity contribution in [2.24, 2.45) is 11.8 Å². The van der Waals surface area contributed by atoms with Gasteiger partial charge in [0, 0.05) is 12.3 Å². The lowest BCUT2D eigenvalue weighted by molar-refractivity contribution is -0.124. The Labute approximate surface area is 68.5 Å². The van der Waals surface area contributed by atoms with E-state index < -0.39 is 0 Å². The monoisotopic (exact) mass is 152 g/mol. The van der Waals surface area contributed by atoms with Crippen LogP contribution in [0.2, 0.25) is 0 Å². The maximum Gasteiger partial charge on any atom is 0.136 e. The van der Waals surface area contributed by atoms with E-state index in [-0.39, 0.29) is 5.92 Å². The summed E-state index contributed by atoms with van der Waals surface area (Å²) in [4.78, 5) is 11.3.